The molecule has 52 heavy (non-hydrogen) atoms. The fraction of sp³-hybridized carbons (Fsp3) is 0.524. The second-order valence-corrected chi connectivity index (χ2v) is 15.2. The summed E-state index contributed by atoms with van der Waals surface area (Å²) in [6, 6.07) is 19.1. The molecule has 4 saturated heterocycles. The van der Waals surface area contributed by atoms with Gasteiger partial charge in [0.25, 0.3) is 0 Å². The van der Waals surface area contributed by atoms with E-state index in [1.165, 1.54) is 0 Å². The Kier molecular flexibility index (Phi) is 11.3. The van der Waals surface area contributed by atoms with Gasteiger partial charge in [0.1, 0.15) is 35.5 Å². The van der Waals surface area contributed by atoms with E-state index in [0.717, 1.165) is 11.4 Å². The number of anilines is 2. The van der Waals surface area contributed by atoms with E-state index in [-0.39, 0.29) is 48.1 Å². The summed E-state index contributed by atoms with van der Waals surface area (Å²) in [6.07, 6.45) is 6.51. The maximum absolute atomic E-state index is 13.6. The molecule has 4 bridgehead atoms. The molecule has 6 rings (SSSR count). The lowest BCUT2D eigenvalue weighted by Gasteiger charge is -2.41. The molecule has 280 valence electrons. The average Bonchev–Trinajstić information content (AvgIpc) is 3.60. The maximum Gasteiger partial charge on any atom is 0.309 e. The molecule has 0 radical (unpaired) electrons. The Balaban J connectivity index is 1.08. The number of nitrogens with zero attached hydrogens (tertiary/aromatic N) is 2. The topological polar surface area (TPSA) is 96.0 Å². The van der Waals surface area contributed by atoms with Crippen LogP contribution in [-0.2, 0) is 38.2 Å². The number of hydrogen-bond acceptors (Lipinski definition) is 10. The molecule has 0 aromatic heterocycles. The summed E-state index contributed by atoms with van der Waals surface area (Å²) < 4.78 is 25.2. The standard InChI is InChI=1S/C42H54N2O8/c1-9-41(7)37(35-29(5)33(25-47-41)51-43(35)31-21-13-11-14-22-31)49-39(45)27(3)19-17-18-20-28(4)40(46)50-38-36-30(6)34(26-48-42(38,8)10-2)52-44(36)32-23-15-12-16-24-32/h9-18,21-24,27-30,33-38H,1-2,19-20,25-26H2,3-8H3/b18-17+/t27?,28?,29?,30?,33-,34-,35-,36-,37+,38+,41+,42+/m0/s1. The normalized spacial score (nSPS) is 35.3. The highest BCUT2D eigenvalue weighted by Gasteiger charge is 2.57. The van der Waals surface area contributed by atoms with Gasteiger partial charge in [-0.1, -0.05) is 88.4 Å². The number of allylic oxidation sites excluding steroid dienone is 2. The van der Waals surface area contributed by atoms with E-state index in [9.17, 15) is 9.59 Å². The third-order valence-electron chi connectivity index (χ3n) is 11.4. The minimum absolute atomic E-state index is 0.0392. The van der Waals surface area contributed by atoms with Crippen molar-refractivity contribution in [2.75, 3.05) is 23.3 Å². The van der Waals surface area contributed by atoms with Crippen LogP contribution in [0.3, 0.4) is 0 Å². The van der Waals surface area contributed by atoms with Crippen molar-refractivity contribution < 1.29 is 38.2 Å². The molecule has 12 atom stereocenters. The third-order valence-corrected chi connectivity index (χ3v) is 11.4. The summed E-state index contributed by atoms with van der Waals surface area (Å²) >= 11 is 0. The molecule has 4 fully saturated rings. The van der Waals surface area contributed by atoms with Crippen LogP contribution >= 0.6 is 0 Å². The van der Waals surface area contributed by atoms with Gasteiger partial charge < -0.3 is 18.9 Å². The average molecular weight is 715 g/mol. The fourth-order valence-corrected chi connectivity index (χ4v) is 7.63. The molecule has 0 spiro atoms. The molecule has 4 aliphatic rings. The van der Waals surface area contributed by atoms with Crippen LogP contribution in [0.5, 0.6) is 0 Å². The van der Waals surface area contributed by atoms with Crippen molar-refractivity contribution in [2.24, 2.45) is 23.7 Å². The van der Waals surface area contributed by atoms with Crippen molar-refractivity contribution in [2.45, 2.75) is 102 Å². The van der Waals surface area contributed by atoms with E-state index in [1.54, 1.807) is 12.2 Å². The number of para-hydroxylation sites is 2. The molecule has 2 aromatic rings. The monoisotopic (exact) mass is 714 g/mol. The first-order valence-corrected chi connectivity index (χ1v) is 18.5. The van der Waals surface area contributed by atoms with Crippen LogP contribution in [0.4, 0.5) is 11.4 Å². The van der Waals surface area contributed by atoms with E-state index < -0.39 is 35.2 Å². The van der Waals surface area contributed by atoms with E-state index in [2.05, 4.69) is 27.0 Å². The van der Waals surface area contributed by atoms with Crippen LogP contribution in [-0.4, -0.2) is 72.9 Å². The van der Waals surface area contributed by atoms with Crippen molar-refractivity contribution in [3.8, 4) is 0 Å². The minimum Gasteiger partial charge on any atom is -0.456 e. The summed E-state index contributed by atoms with van der Waals surface area (Å²) in [5, 5.41) is 3.75. The third kappa shape index (κ3) is 7.31. The van der Waals surface area contributed by atoms with Gasteiger partial charge in [-0.15, -0.1) is 13.2 Å². The Morgan fingerprint density at radius 1 is 0.731 bits per heavy atom. The quantitative estimate of drug-likeness (QED) is 0.169. The molecule has 0 aliphatic carbocycles. The van der Waals surface area contributed by atoms with Gasteiger partial charge in [-0.05, 0) is 51.0 Å². The Morgan fingerprint density at radius 2 is 1.10 bits per heavy atom. The molecular weight excluding hydrogens is 660 g/mol. The molecule has 0 N–H and O–H groups in total. The van der Waals surface area contributed by atoms with Crippen LogP contribution < -0.4 is 10.1 Å². The number of hydrogen-bond donors (Lipinski definition) is 0. The molecule has 0 amide bonds. The fourth-order valence-electron chi connectivity index (χ4n) is 7.63. The van der Waals surface area contributed by atoms with Gasteiger partial charge in [-0.25, -0.2) is 10.1 Å². The smallest absolute Gasteiger partial charge is 0.309 e. The van der Waals surface area contributed by atoms with E-state index in [4.69, 9.17) is 28.6 Å². The highest BCUT2D eigenvalue weighted by atomic mass is 16.7. The number of carbonyl (C=O) groups is 2. The maximum atomic E-state index is 13.6. The van der Waals surface area contributed by atoms with Gasteiger partial charge in [0.05, 0.1) is 36.4 Å². The van der Waals surface area contributed by atoms with Gasteiger partial charge in [0.15, 0.2) is 12.2 Å². The van der Waals surface area contributed by atoms with Gasteiger partial charge in [0.2, 0.25) is 0 Å². The Hall–Kier alpha value is -3.96. The molecule has 4 aliphatic heterocycles. The summed E-state index contributed by atoms with van der Waals surface area (Å²) in [7, 11) is 0. The molecule has 10 nitrogen and oxygen atoms in total. The number of fused-ring (bicyclic) bond motifs is 4. The van der Waals surface area contributed by atoms with Crippen molar-refractivity contribution in [1.82, 2.24) is 0 Å². The molecule has 4 unspecified atom stereocenters. The van der Waals surface area contributed by atoms with Crippen LogP contribution in [0.25, 0.3) is 0 Å². The summed E-state index contributed by atoms with van der Waals surface area (Å²) in [6.45, 7) is 20.5. The number of hydroxylamine groups is 2. The zero-order valence-corrected chi connectivity index (χ0v) is 31.3. The lowest BCUT2D eigenvalue weighted by Crippen LogP contribution is -2.55. The van der Waals surface area contributed by atoms with E-state index >= 15 is 0 Å². The predicted molar refractivity (Wildman–Crippen MR) is 199 cm³/mol. The van der Waals surface area contributed by atoms with E-state index in [0.29, 0.717) is 26.1 Å². The Labute approximate surface area is 308 Å². The van der Waals surface area contributed by atoms with Crippen molar-refractivity contribution in [3.63, 3.8) is 0 Å². The SMILES string of the molecule is C=C[C@@]1(C)OC[C@@H]2ON(c3ccccc3)[C@@H](C2C)[C@H]1OC(=O)C(C)C/C=C/CC(C)C(=O)O[C@@H]1[C@@H]2C(C)[C@H](CO[C@]1(C)C=C)ON2c1ccccc1. The summed E-state index contributed by atoms with van der Waals surface area (Å²) in [5.74, 6) is -1.47. The first-order valence-electron chi connectivity index (χ1n) is 18.5. The number of esters is 2. The van der Waals surface area contributed by atoms with Crippen LogP contribution in [0.2, 0.25) is 0 Å². The molecular formula is C42H54N2O8. The van der Waals surface area contributed by atoms with Gasteiger partial charge in [0, 0.05) is 11.8 Å². The summed E-state index contributed by atoms with van der Waals surface area (Å²) in [5.41, 5.74) is -0.0257. The zero-order chi connectivity index (χ0) is 37.2. The van der Waals surface area contributed by atoms with Crippen molar-refractivity contribution >= 4 is 23.3 Å². The number of rotatable bonds is 12. The van der Waals surface area contributed by atoms with Gasteiger partial charge >= 0.3 is 11.9 Å². The summed E-state index contributed by atoms with van der Waals surface area (Å²) in [4.78, 5) is 39.9. The van der Waals surface area contributed by atoms with Crippen LogP contribution in [0, 0.1) is 23.7 Å². The second kappa shape index (κ2) is 15.6. The number of carbonyl (C=O) groups excluding carboxylic acids is 2. The van der Waals surface area contributed by atoms with Gasteiger partial charge in [-0.2, -0.15) is 0 Å². The zero-order valence-electron chi connectivity index (χ0n) is 31.3. The molecule has 2 aromatic carbocycles. The van der Waals surface area contributed by atoms with Gasteiger partial charge in [-0.3, -0.25) is 19.3 Å². The number of benzene rings is 2. The van der Waals surface area contributed by atoms with Crippen molar-refractivity contribution in [1.29, 1.82) is 0 Å². The lowest BCUT2D eigenvalue weighted by molar-refractivity contribution is -0.176. The highest BCUT2D eigenvalue weighted by molar-refractivity contribution is 5.73. The second-order valence-electron chi connectivity index (χ2n) is 15.2. The molecule has 0 saturated carbocycles. The predicted octanol–water partition coefficient (Wildman–Crippen LogP) is 7.02. The number of ether oxygens (including phenoxy) is 4. The molecule has 4 heterocycles. The lowest BCUT2D eigenvalue weighted by atomic mass is 9.85. The Morgan fingerprint density at radius 3 is 1.44 bits per heavy atom. The molecule has 10 heteroatoms. The van der Waals surface area contributed by atoms with Crippen LogP contribution in [0.15, 0.2) is 98.1 Å². The first kappa shape index (κ1) is 37.8. The van der Waals surface area contributed by atoms with Crippen molar-refractivity contribution in [3.05, 3.63) is 98.1 Å². The minimum atomic E-state index is -0.906. The Bertz CT molecular complexity index is 1490. The van der Waals surface area contributed by atoms with Crippen LogP contribution in [0.1, 0.15) is 54.4 Å². The largest absolute Gasteiger partial charge is 0.456 e. The highest BCUT2D eigenvalue weighted by Crippen LogP contribution is 2.44. The van der Waals surface area contributed by atoms with E-state index in [1.807, 2.05) is 111 Å². The first-order chi connectivity index (χ1) is 24.9.